The third kappa shape index (κ3) is 6.09. The maximum Gasteiger partial charge on any atom is 0.307 e. The quantitative estimate of drug-likeness (QED) is 0.306. The lowest BCUT2D eigenvalue weighted by molar-refractivity contribution is -0.383. The molecule has 1 N–H and O–H groups in total. The van der Waals surface area contributed by atoms with Crippen LogP contribution in [0, 0.1) is 24.0 Å². The maximum atomic E-state index is 12.2. The first-order valence-corrected chi connectivity index (χ1v) is 9.70. The van der Waals surface area contributed by atoms with Crippen LogP contribution in [-0.4, -0.2) is 28.7 Å². The number of para-hydroxylation sites is 2. The second-order valence-electron chi connectivity index (χ2n) is 6.24. The number of carbonyl (C=O) groups is 2. The van der Waals surface area contributed by atoms with Gasteiger partial charge < -0.3 is 10.1 Å². The Morgan fingerprint density at radius 3 is 2.57 bits per heavy atom. The number of amides is 1. The Bertz CT molecular complexity index is 885. The number of nitro groups is 1. The summed E-state index contributed by atoms with van der Waals surface area (Å²) in [5, 5.41) is 13.4. The molecular formula is C20H22N2O5S. The van der Waals surface area contributed by atoms with Gasteiger partial charge >= 0.3 is 5.97 Å². The minimum absolute atomic E-state index is 0.0608. The number of nitrogens with one attached hydrogen (secondary N) is 1. The molecule has 28 heavy (non-hydrogen) atoms. The minimum atomic E-state index is -1.06. The topological polar surface area (TPSA) is 98.5 Å². The molecule has 0 bridgehead atoms. The van der Waals surface area contributed by atoms with Gasteiger partial charge in [-0.3, -0.25) is 19.7 Å². The third-order valence-electron chi connectivity index (χ3n) is 4.09. The van der Waals surface area contributed by atoms with Crippen LogP contribution in [0.5, 0.6) is 0 Å². The van der Waals surface area contributed by atoms with Crippen LogP contribution in [0.15, 0.2) is 47.4 Å². The van der Waals surface area contributed by atoms with Gasteiger partial charge in [-0.2, -0.15) is 0 Å². The first-order chi connectivity index (χ1) is 13.3. The van der Waals surface area contributed by atoms with E-state index in [4.69, 9.17) is 4.74 Å². The SMILES string of the molecule is Cc1ccc(SCCC(=O)O[C@H](C)C(=O)Nc2ccccc2[N+](=O)[O-])cc1C. The first-order valence-electron chi connectivity index (χ1n) is 8.71. The number of nitrogens with zero attached hydrogens (tertiary/aromatic N) is 1. The van der Waals surface area contributed by atoms with E-state index in [9.17, 15) is 19.7 Å². The number of thioether (sulfide) groups is 1. The van der Waals surface area contributed by atoms with Crippen molar-refractivity contribution in [1.82, 2.24) is 0 Å². The predicted octanol–water partition coefficient (Wildman–Crippen LogP) is 4.26. The van der Waals surface area contributed by atoms with Gasteiger partial charge in [-0.15, -0.1) is 11.8 Å². The number of benzene rings is 2. The molecule has 2 rings (SSSR count). The van der Waals surface area contributed by atoms with E-state index in [-0.39, 0.29) is 17.8 Å². The molecule has 0 spiro atoms. The summed E-state index contributed by atoms with van der Waals surface area (Å²) in [6, 6.07) is 11.9. The summed E-state index contributed by atoms with van der Waals surface area (Å²) < 4.78 is 5.13. The van der Waals surface area contributed by atoms with Crippen molar-refractivity contribution in [3.8, 4) is 0 Å². The Morgan fingerprint density at radius 1 is 1.18 bits per heavy atom. The highest BCUT2D eigenvalue weighted by atomic mass is 32.2. The zero-order chi connectivity index (χ0) is 20.7. The van der Waals surface area contributed by atoms with E-state index in [2.05, 4.69) is 11.4 Å². The van der Waals surface area contributed by atoms with E-state index in [1.54, 1.807) is 6.07 Å². The van der Waals surface area contributed by atoms with Crippen molar-refractivity contribution in [3.05, 3.63) is 63.7 Å². The highest BCUT2D eigenvalue weighted by Gasteiger charge is 2.21. The van der Waals surface area contributed by atoms with E-state index < -0.39 is 22.9 Å². The van der Waals surface area contributed by atoms with Gasteiger partial charge in [-0.05, 0) is 50.1 Å². The van der Waals surface area contributed by atoms with Gasteiger partial charge in [-0.1, -0.05) is 18.2 Å². The van der Waals surface area contributed by atoms with Gasteiger partial charge in [-0.25, -0.2) is 0 Å². The average molecular weight is 402 g/mol. The molecule has 0 unspecified atom stereocenters. The number of carbonyl (C=O) groups excluding carboxylic acids is 2. The Morgan fingerprint density at radius 2 is 1.89 bits per heavy atom. The molecule has 8 heteroatoms. The average Bonchev–Trinajstić information content (AvgIpc) is 2.64. The maximum absolute atomic E-state index is 12.2. The Hall–Kier alpha value is -2.87. The number of esters is 1. The number of ether oxygens (including phenoxy) is 1. The van der Waals surface area contributed by atoms with Gasteiger partial charge in [0.25, 0.3) is 11.6 Å². The van der Waals surface area contributed by atoms with Gasteiger partial charge in [0.1, 0.15) is 5.69 Å². The van der Waals surface area contributed by atoms with Crippen LogP contribution >= 0.6 is 11.8 Å². The highest BCUT2D eigenvalue weighted by molar-refractivity contribution is 7.99. The van der Waals surface area contributed by atoms with E-state index in [0.717, 1.165) is 4.90 Å². The molecule has 0 fully saturated rings. The lowest BCUT2D eigenvalue weighted by atomic mass is 10.1. The van der Waals surface area contributed by atoms with Crippen LogP contribution in [-0.2, 0) is 14.3 Å². The van der Waals surface area contributed by atoms with Crippen molar-refractivity contribution >= 4 is 35.0 Å². The number of anilines is 1. The van der Waals surface area contributed by atoms with Crippen molar-refractivity contribution in [1.29, 1.82) is 0 Å². The van der Waals surface area contributed by atoms with Gasteiger partial charge in [0.05, 0.1) is 11.3 Å². The molecule has 1 amide bonds. The van der Waals surface area contributed by atoms with Crippen LogP contribution in [0.1, 0.15) is 24.5 Å². The van der Waals surface area contributed by atoms with Crippen LogP contribution in [0.2, 0.25) is 0 Å². The molecule has 0 heterocycles. The van der Waals surface area contributed by atoms with Crippen molar-refractivity contribution in [3.63, 3.8) is 0 Å². The van der Waals surface area contributed by atoms with E-state index >= 15 is 0 Å². The summed E-state index contributed by atoms with van der Waals surface area (Å²) in [4.78, 5) is 35.6. The summed E-state index contributed by atoms with van der Waals surface area (Å²) in [6.45, 7) is 5.50. The summed E-state index contributed by atoms with van der Waals surface area (Å²) >= 11 is 1.54. The number of aryl methyl sites for hydroxylation is 2. The zero-order valence-electron chi connectivity index (χ0n) is 15.9. The largest absolute Gasteiger partial charge is 0.453 e. The van der Waals surface area contributed by atoms with E-state index in [1.807, 2.05) is 26.0 Å². The van der Waals surface area contributed by atoms with Crippen LogP contribution in [0.25, 0.3) is 0 Å². The summed E-state index contributed by atoms with van der Waals surface area (Å²) in [6.07, 6.45) is -0.903. The molecule has 0 saturated carbocycles. The van der Waals surface area contributed by atoms with E-state index in [1.165, 1.54) is 48.0 Å². The molecule has 7 nitrogen and oxygen atoms in total. The summed E-state index contributed by atoms with van der Waals surface area (Å²) in [7, 11) is 0. The van der Waals surface area contributed by atoms with Gasteiger partial charge in [0.15, 0.2) is 6.10 Å². The fourth-order valence-corrected chi connectivity index (χ4v) is 3.27. The Labute approximate surface area is 167 Å². The molecule has 0 radical (unpaired) electrons. The molecule has 0 aromatic heterocycles. The Balaban J connectivity index is 1.82. The fraction of sp³-hybridized carbons (Fsp3) is 0.300. The molecule has 2 aromatic rings. The molecule has 0 saturated heterocycles. The standard InChI is InChI=1S/C20H22N2O5S/c1-13-8-9-16(12-14(13)2)28-11-10-19(23)27-15(3)20(24)21-17-6-4-5-7-18(17)22(25)26/h4-9,12,15H,10-11H2,1-3H3,(H,21,24)/t15-/m1/s1. The molecular weight excluding hydrogens is 380 g/mol. The number of hydrogen-bond donors (Lipinski definition) is 1. The molecule has 0 aliphatic carbocycles. The minimum Gasteiger partial charge on any atom is -0.453 e. The highest BCUT2D eigenvalue weighted by Crippen LogP contribution is 2.24. The second kappa shape index (κ2) is 9.89. The summed E-state index contributed by atoms with van der Waals surface area (Å²) in [5.74, 6) is -0.592. The molecule has 2 aromatic carbocycles. The lowest BCUT2D eigenvalue weighted by Crippen LogP contribution is -2.30. The number of rotatable bonds is 8. The summed E-state index contributed by atoms with van der Waals surface area (Å²) in [5.41, 5.74) is 2.24. The molecule has 148 valence electrons. The van der Waals surface area contributed by atoms with Crippen LogP contribution < -0.4 is 5.32 Å². The smallest absolute Gasteiger partial charge is 0.307 e. The van der Waals surface area contributed by atoms with Crippen LogP contribution in [0.3, 0.4) is 0 Å². The molecule has 0 aliphatic heterocycles. The van der Waals surface area contributed by atoms with Crippen molar-refractivity contribution < 1.29 is 19.2 Å². The van der Waals surface area contributed by atoms with Gasteiger partial charge in [0, 0.05) is 16.7 Å². The van der Waals surface area contributed by atoms with Crippen LogP contribution in [0.4, 0.5) is 11.4 Å². The Kier molecular flexibility index (Phi) is 7.57. The monoisotopic (exact) mass is 402 g/mol. The van der Waals surface area contributed by atoms with Crippen molar-refractivity contribution in [2.45, 2.75) is 38.2 Å². The first kappa shape index (κ1) is 21.4. The third-order valence-corrected chi connectivity index (χ3v) is 5.08. The van der Waals surface area contributed by atoms with Crippen molar-refractivity contribution in [2.24, 2.45) is 0 Å². The van der Waals surface area contributed by atoms with E-state index in [0.29, 0.717) is 5.75 Å². The predicted molar refractivity (Wildman–Crippen MR) is 109 cm³/mol. The number of hydrogen-bond acceptors (Lipinski definition) is 6. The molecule has 1 atom stereocenters. The zero-order valence-corrected chi connectivity index (χ0v) is 16.7. The van der Waals surface area contributed by atoms with Gasteiger partial charge in [0.2, 0.25) is 0 Å². The lowest BCUT2D eigenvalue weighted by Gasteiger charge is -2.13. The number of nitro benzene ring substituents is 1. The second-order valence-corrected chi connectivity index (χ2v) is 7.41. The van der Waals surface area contributed by atoms with Crippen molar-refractivity contribution in [2.75, 3.05) is 11.1 Å². The molecule has 0 aliphatic rings. The normalized spacial score (nSPS) is 11.5. The fourth-order valence-electron chi connectivity index (χ4n) is 2.34.